The number of allylic oxidation sites excluding steroid dienone is 2. The summed E-state index contributed by atoms with van der Waals surface area (Å²) in [4.78, 5) is 8.01. The lowest BCUT2D eigenvalue weighted by molar-refractivity contribution is 0.0528. The number of rotatable bonds is 9. The summed E-state index contributed by atoms with van der Waals surface area (Å²) in [6.45, 7) is 15.5. The van der Waals surface area contributed by atoms with Crippen molar-refractivity contribution in [2.45, 2.75) is 33.1 Å². The predicted molar refractivity (Wildman–Crippen MR) is 90.3 cm³/mol. The number of hydrogen-bond acceptors (Lipinski definition) is 4. The van der Waals surface area contributed by atoms with E-state index in [0.29, 0.717) is 5.92 Å². The highest BCUT2D eigenvalue weighted by atomic mass is 32.2. The third-order valence-electron chi connectivity index (χ3n) is 3.43. The molecule has 1 saturated heterocycles. The molecule has 1 rings (SSSR count). The first-order valence-electron chi connectivity index (χ1n) is 7.49. The van der Waals surface area contributed by atoms with E-state index < -0.39 is 0 Å². The average Bonchev–Trinajstić information content (AvgIpc) is 2.47. The van der Waals surface area contributed by atoms with Gasteiger partial charge in [-0.05, 0) is 37.7 Å². The lowest BCUT2D eigenvalue weighted by atomic mass is 10.0. The van der Waals surface area contributed by atoms with E-state index in [2.05, 4.69) is 37.0 Å². The molecule has 0 N–H and O–H groups in total. The number of hydrogen-bond donors (Lipinski definition) is 0. The Morgan fingerprint density at radius 1 is 1.45 bits per heavy atom. The summed E-state index contributed by atoms with van der Waals surface area (Å²) in [5.41, 5.74) is 0. The normalized spacial score (nSPS) is 18.4. The van der Waals surface area contributed by atoms with Crippen molar-refractivity contribution in [3.8, 4) is 0 Å². The molecule has 3 nitrogen and oxygen atoms in total. The average molecular weight is 296 g/mol. The minimum Gasteiger partial charge on any atom is -0.378 e. The summed E-state index contributed by atoms with van der Waals surface area (Å²) in [5.74, 6) is 2.80. The van der Waals surface area contributed by atoms with Crippen LogP contribution in [0.2, 0.25) is 0 Å². The van der Waals surface area contributed by atoms with Crippen molar-refractivity contribution in [3.05, 3.63) is 23.4 Å². The van der Waals surface area contributed by atoms with Crippen LogP contribution in [0.25, 0.3) is 0 Å². The summed E-state index contributed by atoms with van der Waals surface area (Å²) < 4.78 is 5.42. The molecule has 0 aromatic carbocycles. The van der Waals surface area contributed by atoms with Crippen LogP contribution in [0, 0.1) is 5.92 Å². The third-order valence-corrected chi connectivity index (χ3v) is 4.41. The zero-order valence-electron chi connectivity index (χ0n) is 12.9. The molecule has 1 aliphatic rings. The third kappa shape index (κ3) is 5.71. The van der Waals surface area contributed by atoms with Gasteiger partial charge in [0.25, 0.3) is 0 Å². The Kier molecular flexibility index (Phi) is 8.70. The number of thioether (sulfide) groups is 1. The molecule has 114 valence electrons. The van der Waals surface area contributed by atoms with Crippen molar-refractivity contribution in [2.24, 2.45) is 10.9 Å². The lowest BCUT2D eigenvalue weighted by Gasteiger charge is -2.30. The number of morpholine rings is 1. The van der Waals surface area contributed by atoms with Gasteiger partial charge in [-0.25, -0.2) is 4.99 Å². The van der Waals surface area contributed by atoms with Crippen LogP contribution in [-0.4, -0.2) is 43.7 Å². The predicted octanol–water partition coefficient (Wildman–Crippen LogP) is 3.93. The van der Waals surface area contributed by atoms with Gasteiger partial charge in [-0.15, -0.1) is 18.3 Å². The van der Waals surface area contributed by atoms with Gasteiger partial charge < -0.3 is 9.64 Å². The molecular formula is C16H28N2OS. The molecular weight excluding hydrogens is 268 g/mol. The maximum absolute atomic E-state index is 5.42. The van der Waals surface area contributed by atoms with E-state index in [9.17, 15) is 0 Å². The number of nitrogens with zero attached hydrogens (tertiary/aromatic N) is 2. The van der Waals surface area contributed by atoms with E-state index in [1.807, 2.05) is 17.8 Å². The zero-order valence-corrected chi connectivity index (χ0v) is 13.8. The Hall–Kier alpha value is -0.740. The molecule has 1 atom stereocenters. The molecule has 0 radical (unpaired) electrons. The molecule has 20 heavy (non-hydrogen) atoms. The summed E-state index contributed by atoms with van der Waals surface area (Å²) in [6.07, 6.45) is 5.35. The largest absolute Gasteiger partial charge is 0.378 e. The fourth-order valence-electron chi connectivity index (χ4n) is 2.35. The quantitative estimate of drug-likeness (QED) is 0.476. The van der Waals surface area contributed by atoms with Crippen LogP contribution in [0.15, 0.2) is 28.4 Å². The first kappa shape index (κ1) is 17.3. The van der Waals surface area contributed by atoms with Gasteiger partial charge in [-0.1, -0.05) is 19.9 Å². The van der Waals surface area contributed by atoms with Gasteiger partial charge in [0, 0.05) is 18.0 Å². The molecule has 1 unspecified atom stereocenters. The second-order valence-corrected chi connectivity index (χ2v) is 6.47. The molecule has 0 aromatic rings. The topological polar surface area (TPSA) is 24.8 Å². The summed E-state index contributed by atoms with van der Waals surface area (Å²) in [6, 6.07) is 0. The Bertz CT molecular complexity index is 335. The van der Waals surface area contributed by atoms with Crippen molar-refractivity contribution in [1.29, 1.82) is 0 Å². The second-order valence-electron chi connectivity index (χ2n) is 5.11. The molecule has 0 aromatic heterocycles. The van der Waals surface area contributed by atoms with Crippen LogP contribution < -0.4 is 0 Å². The van der Waals surface area contributed by atoms with Crippen LogP contribution in [0.3, 0.4) is 0 Å². The molecule has 1 aliphatic heterocycles. The van der Waals surface area contributed by atoms with Crippen LogP contribution in [-0.2, 0) is 4.74 Å². The maximum Gasteiger partial charge on any atom is 0.137 e. The van der Waals surface area contributed by atoms with E-state index in [1.165, 1.54) is 11.3 Å². The number of aliphatic imine (C=N–C) groups is 1. The molecule has 1 fully saturated rings. The highest BCUT2D eigenvalue weighted by Gasteiger charge is 2.18. The highest BCUT2D eigenvalue weighted by molar-refractivity contribution is 8.03. The van der Waals surface area contributed by atoms with Crippen LogP contribution >= 0.6 is 11.8 Å². The smallest absolute Gasteiger partial charge is 0.137 e. The molecule has 4 heteroatoms. The summed E-state index contributed by atoms with van der Waals surface area (Å²) in [5, 5.41) is 0. The minimum absolute atomic E-state index is 0.653. The molecule has 1 heterocycles. The molecule has 0 bridgehead atoms. The van der Waals surface area contributed by atoms with Crippen molar-refractivity contribution < 1.29 is 4.74 Å². The van der Waals surface area contributed by atoms with Gasteiger partial charge in [0.2, 0.25) is 0 Å². The van der Waals surface area contributed by atoms with E-state index in [1.54, 1.807) is 0 Å². The van der Waals surface area contributed by atoms with E-state index in [0.717, 1.165) is 50.7 Å². The first-order chi connectivity index (χ1) is 9.72. The molecule has 0 saturated carbocycles. The minimum atomic E-state index is 0.653. The van der Waals surface area contributed by atoms with Crippen molar-refractivity contribution in [3.63, 3.8) is 0 Å². The first-order valence-corrected chi connectivity index (χ1v) is 8.47. The van der Waals surface area contributed by atoms with Gasteiger partial charge in [0.1, 0.15) is 5.82 Å². The monoisotopic (exact) mass is 296 g/mol. The van der Waals surface area contributed by atoms with Crippen LogP contribution in [0.4, 0.5) is 0 Å². The van der Waals surface area contributed by atoms with Crippen LogP contribution in [0.5, 0.6) is 0 Å². The molecule has 0 aliphatic carbocycles. The van der Waals surface area contributed by atoms with Gasteiger partial charge in [-0.2, -0.15) is 0 Å². The van der Waals surface area contributed by atoms with Gasteiger partial charge in [-0.3, -0.25) is 0 Å². The number of ether oxygens (including phenoxy) is 1. The lowest BCUT2D eigenvalue weighted by Crippen LogP contribution is -2.35. The van der Waals surface area contributed by atoms with Crippen molar-refractivity contribution in [1.82, 2.24) is 4.90 Å². The van der Waals surface area contributed by atoms with Gasteiger partial charge in [0.15, 0.2) is 0 Å². The SMILES string of the molecule is C=CCCC(C)C/C(SCC)=C(\N=C)N1CCOCC1. The van der Waals surface area contributed by atoms with E-state index in [-0.39, 0.29) is 0 Å². The van der Waals surface area contributed by atoms with E-state index >= 15 is 0 Å². The van der Waals surface area contributed by atoms with E-state index in [4.69, 9.17) is 4.74 Å². The Labute approximate surface area is 128 Å². The Morgan fingerprint density at radius 2 is 2.15 bits per heavy atom. The fourth-order valence-corrected chi connectivity index (χ4v) is 3.42. The van der Waals surface area contributed by atoms with Gasteiger partial charge in [0.05, 0.1) is 13.2 Å². The highest BCUT2D eigenvalue weighted by Crippen LogP contribution is 2.31. The Balaban J connectivity index is 2.78. The van der Waals surface area contributed by atoms with Crippen LogP contribution in [0.1, 0.15) is 33.1 Å². The fraction of sp³-hybridized carbons (Fsp3) is 0.688. The van der Waals surface area contributed by atoms with Gasteiger partial charge >= 0.3 is 0 Å². The van der Waals surface area contributed by atoms with Crippen molar-refractivity contribution >= 4 is 18.5 Å². The summed E-state index contributed by atoms with van der Waals surface area (Å²) >= 11 is 1.90. The van der Waals surface area contributed by atoms with Crippen molar-refractivity contribution in [2.75, 3.05) is 32.1 Å². The maximum atomic E-state index is 5.42. The zero-order chi connectivity index (χ0) is 14.8. The Morgan fingerprint density at radius 3 is 2.70 bits per heavy atom. The second kappa shape index (κ2) is 10.1. The molecule has 0 amide bonds. The standard InChI is InChI=1S/C16H28N2OS/c1-5-7-8-14(3)13-15(20-6-2)16(17-4)18-9-11-19-12-10-18/h5,14H,1,4,6-13H2,2-3H3/b16-15-. The summed E-state index contributed by atoms with van der Waals surface area (Å²) in [7, 11) is 0. The molecule has 0 spiro atoms.